The average Bonchev–Trinajstić information content (AvgIpc) is 2.16. The lowest BCUT2D eigenvalue weighted by atomic mass is 10.2. The highest BCUT2D eigenvalue weighted by Crippen LogP contribution is 2.20. The van der Waals surface area contributed by atoms with E-state index in [1.807, 2.05) is 0 Å². The molecule has 0 spiro atoms. The number of carbonyl (C=O) groups is 1. The summed E-state index contributed by atoms with van der Waals surface area (Å²) in [4.78, 5) is 15.3. The van der Waals surface area contributed by atoms with Gasteiger partial charge in [-0.25, -0.2) is 13.4 Å². The van der Waals surface area contributed by atoms with Gasteiger partial charge in [-0.05, 0) is 19.1 Å². The van der Waals surface area contributed by atoms with Gasteiger partial charge >= 0.3 is 0 Å². The third-order valence-corrected chi connectivity index (χ3v) is 4.05. The van der Waals surface area contributed by atoms with Crippen LogP contribution in [0, 0.1) is 0 Å². The van der Waals surface area contributed by atoms with E-state index in [1.54, 1.807) is 18.3 Å². The molecular formula is C10H13NO3S2. The number of carbonyl (C=O) groups excluding carboxylic acids is 1. The van der Waals surface area contributed by atoms with Crippen LogP contribution in [0.15, 0.2) is 23.4 Å². The zero-order valence-corrected chi connectivity index (χ0v) is 10.8. The zero-order valence-electron chi connectivity index (χ0n) is 9.13. The molecule has 0 saturated heterocycles. The van der Waals surface area contributed by atoms with Crippen molar-refractivity contribution in [3.8, 4) is 0 Å². The Morgan fingerprint density at radius 1 is 1.50 bits per heavy atom. The van der Waals surface area contributed by atoms with Crippen LogP contribution in [-0.2, 0) is 9.84 Å². The Kier molecular flexibility index (Phi) is 4.49. The van der Waals surface area contributed by atoms with E-state index in [0.717, 1.165) is 0 Å². The van der Waals surface area contributed by atoms with Crippen molar-refractivity contribution < 1.29 is 13.2 Å². The molecule has 0 fully saturated rings. The minimum Gasteiger partial charge on any atom is -0.294 e. The third kappa shape index (κ3) is 4.32. The van der Waals surface area contributed by atoms with E-state index in [2.05, 4.69) is 4.98 Å². The lowest BCUT2D eigenvalue weighted by Crippen LogP contribution is -2.06. The van der Waals surface area contributed by atoms with Crippen molar-refractivity contribution in [2.24, 2.45) is 0 Å². The molecule has 0 radical (unpaired) electrons. The third-order valence-electron chi connectivity index (χ3n) is 1.84. The minimum atomic E-state index is -2.96. The second kappa shape index (κ2) is 5.45. The van der Waals surface area contributed by atoms with E-state index in [9.17, 15) is 13.2 Å². The van der Waals surface area contributed by atoms with Gasteiger partial charge in [0.05, 0.1) is 5.75 Å². The summed E-state index contributed by atoms with van der Waals surface area (Å²) in [6.07, 6.45) is 2.78. The van der Waals surface area contributed by atoms with Gasteiger partial charge in [0.15, 0.2) is 5.78 Å². The predicted molar refractivity (Wildman–Crippen MR) is 64.7 cm³/mol. The molecular weight excluding hydrogens is 246 g/mol. The quantitative estimate of drug-likeness (QED) is 0.591. The predicted octanol–water partition coefficient (Wildman–Crippen LogP) is 1.42. The molecule has 0 bridgehead atoms. The second-order valence-electron chi connectivity index (χ2n) is 3.39. The topological polar surface area (TPSA) is 64.1 Å². The van der Waals surface area contributed by atoms with Crippen LogP contribution in [0.1, 0.15) is 17.3 Å². The van der Waals surface area contributed by atoms with Gasteiger partial charge in [-0.15, -0.1) is 11.8 Å². The molecule has 88 valence electrons. The first-order valence-corrected chi connectivity index (χ1v) is 7.71. The summed E-state index contributed by atoms with van der Waals surface area (Å²) < 4.78 is 21.9. The summed E-state index contributed by atoms with van der Waals surface area (Å²) >= 11 is 1.29. The van der Waals surface area contributed by atoms with Crippen LogP contribution in [0.2, 0.25) is 0 Å². The number of nitrogens with zero attached hydrogens (tertiary/aromatic N) is 1. The largest absolute Gasteiger partial charge is 0.294 e. The van der Waals surface area contributed by atoms with E-state index in [4.69, 9.17) is 0 Å². The Hall–Kier alpha value is -0.880. The van der Waals surface area contributed by atoms with Crippen LogP contribution in [0.25, 0.3) is 0 Å². The Morgan fingerprint density at radius 2 is 2.19 bits per heavy atom. The van der Waals surface area contributed by atoms with Gasteiger partial charge in [0, 0.05) is 23.8 Å². The fraction of sp³-hybridized carbons (Fsp3) is 0.400. The van der Waals surface area contributed by atoms with Gasteiger partial charge in [-0.3, -0.25) is 4.79 Å². The molecule has 1 rings (SSSR count). The summed E-state index contributed by atoms with van der Waals surface area (Å²) in [6, 6.07) is 3.38. The maximum atomic E-state index is 11.3. The minimum absolute atomic E-state index is 0.0602. The number of hydrogen-bond donors (Lipinski definition) is 0. The highest BCUT2D eigenvalue weighted by Gasteiger charge is 2.09. The number of hydrogen-bond acceptors (Lipinski definition) is 5. The molecule has 4 nitrogen and oxygen atoms in total. The second-order valence-corrected chi connectivity index (χ2v) is 6.73. The van der Waals surface area contributed by atoms with Crippen LogP contribution < -0.4 is 0 Å². The molecule has 0 aromatic carbocycles. The lowest BCUT2D eigenvalue weighted by molar-refractivity contribution is 0.101. The van der Waals surface area contributed by atoms with Crippen molar-refractivity contribution in [3.63, 3.8) is 0 Å². The summed E-state index contributed by atoms with van der Waals surface area (Å²) in [5.74, 6) is 0.441. The van der Waals surface area contributed by atoms with Crippen molar-refractivity contribution in [3.05, 3.63) is 23.9 Å². The number of thioether (sulfide) groups is 1. The molecule has 0 amide bonds. The monoisotopic (exact) mass is 259 g/mol. The normalized spacial score (nSPS) is 11.4. The number of Topliss-reactive ketones (excluding diaryl/α,β-unsaturated/α-hetero) is 1. The molecule has 6 heteroatoms. The fourth-order valence-electron chi connectivity index (χ4n) is 1.06. The number of aromatic nitrogens is 1. The van der Waals surface area contributed by atoms with Gasteiger partial charge in [0.1, 0.15) is 14.9 Å². The van der Waals surface area contributed by atoms with Crippen molar-refractivity contribution in [1.29, 1.82) is 0 Å². The Bertz CT molecular complexity index is 483. The van der Waals surface area contributed by atoms with Gasteiger partial charge < -0.3 is 0 Å². The van der Waals surface area contributed by atoms with Crippen molar-refractivity contribution in [1.82, 2.24) is 4.98 Å². The number of ketones is 1. The van der Waals surface area contributed by atoms with Gasteiger partial charge in [-0.1, -0.05) is 0 Å². The molecule has 0 N–H and O–H groups in total. The van der Waals surface area contributed by atoms with Crippen LogP contribution >= 0.6 is 11.8 Å². The number of rotatable bonds is 5. The highest BCUT2D eigenvalue weighted by molar-refractivity contribution is 8.00. The van der Waals surface area contributed by atoms with Gasteiger partial charge in [-0.2, -0.15) is 0 Å². The van der Waals surface area contributed by atoms with Crippen molar-refractivity contribution in [2.45, 2.75) is 11.9 Å². The van der Waals surface area contributed by atoms with E-state index in [1.165, 1.54) is 24.9 Å². The Labute approximate surface area is 99.4 Å². The number of pyridine rings is 1. The van der Waals surface area contributed by atoms with Gasteiger partial charge in [0.25, 0.3) is 0 Å². The Morgan fingerprint density at radius 3 is 2.75 bits per heavy atom. The summed E-state index contributed by atoms with van der Waals surface area (Å²) in [5, 5.41) is 0.596. The van der Waals surface area contributed by atoms with E-state index in [-0.39, 0.29) is 11.5 Å². The molecule has 0 aliphatic heterocycles. The van der Waals surface area contributed by atoms with E-state index < -0.39 is 9.84 Å². The average molecular weight is 259 g/mol. The summed E-state index contributed by atoms with van der Waals surface area (Å²) in [7, 11) is -2.96. The SMILES string of the molecule is CC(=O)c1cccnc1SCCS(C)(=O)=O. The lowest BCUT2D eigenvalue weighted by Gasteiger charge is -2.04. The van der Waals surface area contributed by atoms with Crippen molar-refractivity contribution in [2.75, 3.05) is 17.8 Å². The fourth-order valence-corrected chi connectivity index (χ4v) is 3.30. The number of sulfone groups is 1. The van der Waals surface area contributed by atoms with E-state index >= 15 is 0 Å². The zero-order chi connectivity index (χ0) is 12.2. The first-order valence-electron chi connectivity index (χ1n) is 4.66. The standard InChI is InChI=1S/C10H13NO3S2/c1-8(12)9-4-3-5-11-10(9)15-6-7-16(2,13)14/h3-5H,6-7H2,1-2H3. The molecule has 0 aliphatic carbocycles. The van der Waals surface area contributed by atoms with Crippen LogP contribution in [0.3, 0.4) is 0 Å². The van der Waals surface area contributed by atoms with Crippen molar-refractivity contribution >= 4 is 27.4 Å². The summed E-state index contributed by atoms with van der Waals surface area (Å²) in [5.41, 5.74) is 0.543. The molecule has 0 atom stereocenters. The van der Waals surface area contributed by atoms with Crippen LogP contribution in [0.4, 0.5) is 0 Å². The smallest absolute Gasteiger partial charge is 0.162 e. The summed E-state index contributed by atoms with van der Waals surface area (Å²) in [6.45, 7) is 1.47. The molecule has 0 unspecified atom stereocenters. The first kappa shape index (κ1) is 13.2. The van der Waals surface area contributed by atoms with Gasteiger partial charge in [0.2, 0.25) is 0 Å². The van der Waals surface area contributed by atoms with Crippen LogP contribution in [0.5, 0.6) is 0 Å². The van der Waals surface area contributed by atoms with E-state index in [0.29, 0.717) is 16.3 Å². The molecule has 1 aromatic rings. The molecule has 16 heavy (non-hydrogen) atoms. The molecule has 0 saturated carbocycles. The highest BCUT2D eigenvalue weighted by atomic mass is 32.2. The maximum Gasteiger partial charge on any atom is 0.162 e. The first-order chi connectivity index (χ1) is 7.40. The molecule has 0 aliphatic rings. The Balaban J connectivity index is 2.71. The maximum absolute atomic E-state index is 11.3. The van der Waals surface area contributed by atoms with Crippen LogP contribution in [-0.4, -0.2) is 36.9 Å². The molecule has 1 aromatic heterocycles. The molecule has 1 heterocycles.